The van der Waals surface area contributed by atoms with Gasteiger partial charge in [0.2, 0.25) is 5.95 Å². The topological polar surface area (TPSA) is 106 Å². The highest BCUT2D eigenvalue weighted by molar-refractivity contribution is 5.67. The van der Waals surface area contributed by atoms with Crippen LogP contribution in [0, 0.1) is 11.3 Å². The standard InChI is InChI=1S/C17H15FN8/c18-13-2-4-26(10-13)16-11(6-19)5-12(7-21-16)15-1-3-20-17(25-15)24-14-8-22-23-9-14/h1,3,5,7-9,13H,2,4,10H2,(H,22,23)(H,20,24,25)/t13-/m0/s1. The van der Waals surface area contributed by atoms with E-state index in [0.29, 0.717) is 41.6 Å². The van der Waals surface area contributed by atoms with E-state index in [0.717, 1.165) is 5.69 Å². The van der Waals surface area contributed by atoms with Crippen LogP contribution in [0.15, 0.2) is 36.9 Å². The number of hydrogen-bond donors (Lipinski definition) is 2. The van der Waals surface area contributed by atoms with Gasteiger partial charge in [0.25, 0.3) is 0 Å². The third-order valence-corrected chi connectivity index (χ3v) is 4.12. The van der Waals surface area contributed by atoms with Gasteiger partial charge in [0.1, 0.15) is 18.1 Å². The van der Waals surface area contributed by atoms with Crippen molar-refractivity contribution in [1.29, 1.82) is 5.26 Å². The largest absolute Gasteiger partial charge is 0.352 e. The van der Waals surface area contributed by atoms with E-state index in [-0.39, 0.29) is 6.54 Å². The maximum atomic E-state index is 13.5. The van der Waals surface area contributed by atoms with Gasteiger partial charge in [-0.15, -0.1) is 0 Å². The Balaban J connectivity index is 1.63. The molecule has 3 aromatic rings. The fourth-order valence-corrected chi connectivity index (χ4v) is 2.87. The zero-order valence-corrected chi connectivity index (χ0v) is 13.7. The van der Waals surface area contributed by atoms with Gasteiger partial charge in [-0.05, 0) is 18.6 Å². The molecule has 26 heavy (non-hydrogen) atoms. The van der Waals surface area contributed by atoms with Crippen LogP contribution >= 0.6 is 0 Å². The molecule has 130 valence electrons. The zero-order chi connectivity index (χ0) is 17.9. The smallest absolute Gasteiger partial charge is 0.227 e. The number of alkyl halides is 1. The summed E-state index contributed by atoms with van der Waals surface area (Å²) < 4.78 is 13.5. The summed E-state index contributed by atoms with van der Waals surface area (Å²) in [7, 11) is 0. The number of H-pyrrole nitrogens is 1. The highest BCUT2D eigenvalue weighted by Crippen LogP contribution is 2.27. The summed E-state index contributed by atoms with van der Waals surface area (Å²) in [6.45, 7) is 0.835. The van der Waals surface area contributed by atoms with Crippen LogP contribution in [0.1, 0.15) is 12.0 Å². The third kappa shape index (κ3) is 3.17. The average Bonchev–Trinajstić information content (AvgIpc) is 3.33. The fraction of sp³-hybridized carbons (Fsp3) is 0.235. The van der Waals surface area contributed by atoms with Crippen molar-refractivity contribution in [1.82, 2.24) is 25.1 Å². The van der Waals surface area contributed by atoms with Crippen molar-refractivity contribution < 1.29 is 4.39 Å². The molecule has 0 amide bonds. The number of nitrogens with zero attached hydrogens (tertiary/aromatic N) is 6. The van der Waals surface area contributed by atoms with Crippen LogP contribution in [0.25, 0.3) is 11.3 Å². The summed E-state index contributed by atoms with van der Waals surface area (Å²) in [6.07, 6.45) is 6.16. The van der Waals surface area contributed by atoms with Crippen molar-refractivity contribution in [2.45, 2.75) is 12.6 Å². The van der Waals surface area contributed by atoms with Crippen molar-refractivity contribution in [3.8, 4) is 17.3 Å². The summed E-state index contributed by atoms with van der Waals surface area (Å²) >= 11 is 0. The van der Waals surface area contributed by atoms with Crippen molar-refractivity contribution >= 4 is 17.5 Å². The first kappa shape index (κ1) is 16.0. The van der Waals surface area contributed by atoms with Crippen LogP contribution in [0.4, 0.5) is 21.8 Å². The lowest BCUT2D eigenvalue weighted by Gasteiger charge is -2.18. The predicted octanol–water partition coefficient (Wildman–Crippen LogP) is 2.43. The molecule has 0 aromatic carbocycles. The van der Waals surface area contributed by atoms with E-state index in [1.54, 1.807) is 41.8 Å². The molecular formula is C17H15FN8. The average molecular weight is 350 g/mol. The number of aromatic amines is 1. The monoisotopic (exact) mass is 350 g/mol. The second-order valence-corrected chi connectivity index (χ2v) is 5.92. The number of nitriles is 1. The van der Waals surface area contributed by atoms with E-state index >= 15 is 0 Å². The molecule has 3 aromatic heterocycles. The lowest BCUT2D eigenvalue weighted by Crippen LogP contribution is -2.22. The van der Waals surface area contributed by atoms with Crippen LogP contribution < -0.4 is 10.2 Å². The third-order valence-electron chi connectivity index (χ3n) is 4.12. The van der Waals surface area contributed by atoms with Crippen LogP contribution in [0.5, 0.6) is 0 Å². The Morgan fingerprint density at radius 2 is 2.27 bits per heavy atom. The predicted molar refractivity (Wildman–Crippen MR) is 93.6 cm³/mol. The minimum absolute atomic E-state index is 0.271. The highest BCUT2D eigenvalue weighted by Gasteiger charge is 2.25. The van der Waals surface area contributed by atoms with Gasteiger partial charge in [-0.25, -0.2) is 19.3 Å². The number of rotatable bonds is 4. The van der Waals surface area contributed by atoms with Crippen molar-refractivity contribution in [3.63, 3.8) is 0 Å². The quantitative estimate of drug-likeness (QED) is 0.744. The van der Waals surface area contributed by atoms with Gasteiger partial charge in [-0.3, -0.25) is 5.10 Å². The molecule has 1 atom stereocenters. The molecule has 1 saturated heterocycles. The molecule has 2 N–H and O–H groups in total. The molecule has 1 aliphatic rings. The van der Waals surface area contributed by atoms with Gasteiger partial charge in [0, 0.05) is 30.7 Å². The Morgan fingerprint density at radius 3 is 3.00 bits per heavy atom. The Hall–Kier alpha value is -3.54. The molecule has 0 unspecified atom stereocenters. The Kier molecular flexibility index (Phi) is 4.15. The SMILES string of the molecule is N#Cc1cc(-c2ccnc(Nc3cn[nH]c3)n2)cnc1N1CC[C@H](F)C1. The highest BCUT2D eigenvalue weighted by atomic mass is 19.1. The van der Waals surface area contributed by atoms with Crippen LogP contribution in [-0.2, 0) is 0 Å². The second-order valence-electron chi connectivity index (χ2n) is 5.92. The van der Waals surface area contributed by atoms with Crippen molar-refractivity contribution in [2.24, 2.45) is 0 Å². The Labute approximate surface area is 148 Å². The lowest BCUT2D eigenvalue weighted by atomic mass is 10.1. The molecule has 1 aliphatic heterocycles. The van der Waals surface area contributed by atoms with Crippen LogP contribution in [0.3, 0.4) is 0 Å². The van der Waals surface area contributed by atoms with E-state index in [4.69, 9.17) is 0 Å². The summed E-state index contributed by atoms with van der Waals surface area (Å²) in [4.78, 5) is 14.8. The number of nitrogens with one attached hydrogen (secondary N) is 2. The fourth-order valence-electron chi connectivity index (χ4n) is 2.87. The summed E-state index contributed by atoms with van der Waals surface area (Å²) in [5.41, 5.74) is 2.47. The van der Waals surface area contributed by atoms with Gasteiger partial charge in [0.15, 0.2) is 0 Å². The first-order valence-electron chi connectivity index (χ1n) is 8.11. The molecule has 1 fully saturated rings. The second kappa shape index (κ2) is 6.76. The van der Waals surface area contributed by atoms with Gasteiger partial charge in [0.05, 0.1) is 29.7 Å². The van der Waals surface area contributed by atoms with E-state index in [2.05, 4.69) is 36.5 Å². The number of pyridine rings is 1. The molecule has 0 aliphatic carbocycles. The van der Waals surface area contributed by atoms with E-state index < -0.39 is 6.17 Å². The minimum Gasteiger partial charge on any atom is -0.352 e. The Bertz CT molecular complexity index is 950. The van der Waals surface area contributed by atoms with Crippen molar-refractivity contribution in [2.75, 3.05) is 23.3 Å². The molecule has 0 radical (unpaired) electrons. The lowest BCUT2D eigenvalue weighted by molar-refractivity contribution is 0.364. The van der Waals surface area contributed by atoms with Gasteiger partial charge in [-0.1, -0.05) is 0 Å². The van der Waals surface area contributed by atoms with Crippen LogP contribution in [-0.4, -0.2) is 44.4 Å². The minimum atomic E-state index is -0.874. The summed E-state index contributed by atoms with van der Waals surface area (Å²) in [6, 6.07) is 5.61. The Morgan fingerprint density at radius 1 is 1.35 bits per heavy atom. The maximum absolute atomic E-state index is 13.5. The van der Waals surface area contributed by atoms with Crippen LogP contribution in [0.2, 0.25) is 0 Å². The van der Waals surface area contributed by atoms with Gasteiger partial charge >= 0.3 is 0 Å². The van der Waals surface area contributed by atoms with Gasteiger partial charge in [-0.2, -0.15) is 10.4 Å². The normalized spacial score (nSPS) is 16.5. The summed E-state index contributed by atoms with van der Waals surface area (Å²) in [5.74, 6) is 0.925. The first-order chi connectivity index (χ1) is 12.7. The molecule has 4 heterocycles. The van der Waals surface area contributed by atoms with E-state index in [1.807, 2.05) is 0 Å². The number of anilines is 3. The number of aromatic nitrogens is 5. The molecule has 0 spiro atoms. The molecule has 0 bridgehead atoms. The molecule has 4 rings (SSSR count). The number of halogens is 1. The van der Waals surface area contributed by atoms with E-state index in [1.165, 1.54) is 0 Å². The first-order valence-corrected chi connectivity index (χ1v) is 8.11. The van der Waals surface area contributed by atoms with E-state index in [9.17, 15) is 9.65 Å². The summed E-state index contributed by atoms with van der Waals surface area (Å²) in [5, 5.41) is 19.1. The molecule has 0 saturated carbocycles. The number of hydrogen-bond acceptors (Lipinski definition) is 7. The molecule has 8 nitrogen and oxygen atoms in total. The molecule has 9 heteroatoms. The van der Waals surface area contributed by atoms with Crippen molar-refractivity contribution in [3.05, 3.63) is 42.5 Å². The zero-order valence-electron chi connectivity index (χ0n) is 13.7. The maximum Gasteiger partial charge on any atom is 0.227 e. The van der Waals surface area contributed by atoms with Gasteiger partial charge < -0.3 is 10.2 Å². The molecular weight excluding hydrogens is 335 g/mol.